The summed E-state index contributed by atoms with van der Waals surface area (Å²) in [5.74, 6) is -2.67. The average Bonchev–Trinajstić information content (AvgIpc) is 3.25. The molecule has 11 nitrogen and oxygen atoms in total. The van der Waals surface area contributed by atoms with Crippen molar-refractivity contribution in [2.45, 2.75) is 12.7 Å². The molecule has 1 amide bonds. The van der Waals surface area contributed by atoms with Gasteiger partial charge in [-0.3, -0.25) is 19.0 Å². The molecule has 3 aromatic heterocycles. The van der Waals surface area contributed by atoms with Gasteiger partial charge in [0, 0.05) is 6.54 Å². The molecule has 132 valence electrons. The first-order valence-electron chi connectivity index (χ1n) is 6.59. The Morgan fingerprint density at radius 2 is 2.16 bits per heavy atom. The van der Waals surface area contributed by atoms with Crippen molar-refractivity contribution in [3.8, 4) is 11.6 Å². The molecule has 0 fully saturated rings. The number of hydrogen-bond acceptors (Lipinski definition) is 8. The van der Waals surface area contributed by atoms with Gasteiger partial charge in [-0.15, -0.1) is 5.10 Å². The van der Waals surface area contributed by atoms with Crippen LogP contribution in [0.3, 0.4) is 0 Å². The molecule has 25 heavy (non-hydrogen) atoms. The van der Waals surface area contributed by atoms with Crippen molar-refractivity contribution in [1.29, 1.82) is 0 Å². The zero-order valence-corrected chi connectivity index (χ0v) is 12.1. The Kier molecular flexibility index (Phi) is 4.08. The second-order valence-electron chi connectivity index (χ2n) is 4.56. The summed E-state index contributed by atoms with van der Waals surface area (Å²) in [6.45, 7) is 0.0330. The van der Waals surface area contributed by atoms with Crippen molar-refractivity contribution in [2.24, 2.45) is 0 Å². The molecule has 0 aromatic carbocycles. The predicted molar refractivity (Wildman–Crippen MR) is 70.0 cm³/mol. The van der Waals surface area contributed by atoms with Crippen LogP contribution >= 0.6 is 0 Å². The molecule has 2 N–H and O–H groups in total. The van der Waals surface area contributed by atoms with E-state index in [0.717, 1.165) is 0 Å². The molecule has 0 bridgehead atoms. The number of hydrogen-bond donors (Lipinski definition) is 2. The number of amides is 1. The zero-order chi connectivity index (χ0) is 18.0. The fraction of sp³-hybridized carbons (Fsp3) is 0.273. The van der Waals surface area contributed by atoms with Gasteiger partial charge in [-0.2, -0.15) is 13.2 Å². The normalized spacial score (nSPS) is 11.6. The lowest BCUT2D eigenvalue weighted by molar-refractivity contribution is -0.141. The number of alkyl halides is 3. The minimum atomic E-state index is -4.80. The molecule has 0 unspecified atom stereocenters. The first-order chi connectivity index (χ1) is 11.8. The Balaban J connectivity index is 1.59. The molecule has 3 rings (SSSR count). The Morgan fingerprint density at radius 3 is 2.84 bits per heavy atom. The maximum absolute atomic E-state index is 12.6. The largest absolute Gasteiger partial charge is 0.439 e. The number of aromatic nitrogens is 6. The maximum Gasteiger partial charge on any atom is 0.439 e. The van der Waals surface area contributed by atoms with E-state index in [2.05, 4.69) is 39.5 Å². The van der Waals surface area contributed by atoms with Crippen molar-refractivity contribution in [3.63, 3.8) is 0 Å². The number of carbonyl (C=O) groups is 1. The van der Waals surface area contributed by atoms with Crippen LogP contribution < -0.4 is 11.1 Å². The molecular weight excluding hydrogens is 351 g/mol. The van der Waals surface area contributed by atoms with Gasteiger partial charge in [0.2, 0.25) is 17.4 Å². The van der Waals surface area contributed by atoms with Crippen LogP contribution in [0.25, 0.3) is 11.6 Å². The number of nitrogens with one attached hydrogen (secondary N) is 2. The first kappa shape index (κ1) is 16.4. The smallest absolute Gasteiger partial charge is 0.438 e. The first-order valence-corrected chi connectivity index (χ1v) is 6.59. The third-order valence-electron chi connectivity index (χ3n) is 2.86. The zero-order valence-electron chi connectivity index (χ0n) is 12.1. The monoisotopic (exact) mass is 359 g/mol. The number of rotatable bonds is 5. The molecule has 14 heteroatoms. The molecule has 3 aromatic rings. The van der Waals surface area contributed by atoms with E-state index in [1.165, 1.54) is 11.0 Å². The number of H-pyrrole nitrogens is 1. The standard InChI is InChI=1S/C11H8F3N7O4/c12-11(13,14)6-5(24-4-17-6)9(22)15-1-2-21-3-16-7(19-21)8-18-10(23)25-20-8/h3-4H,1-2H2,(H,15,22)(H,18,20,23). The van der Waals surface area contributed by atoms with Gasteiger partial charge in [-0.05, 0) is 0 Å². The molecule has 0 saturated carbocycles. The number of carbonyl (C=O) groups excluding carboxylic acids is 1. The third-order valence-corrected chi connectivity index (χ3v) is 2.86. The Hall–Kier alpha value is -3.45. The molecule has 0 spiro atoms. The van der Waals surface area contributed by atoms with E-state index in [1.807, 2.05) is 0 Å². The van der Waals surface area contributed by atoms with Crippen LogP contribution in [0.15, 0.2) is 26.5 Å². The average molecular weight is 359 g/mol. The molecule has 0 atom stereocenters. The van der Waals surface area contributed by atoms with Crippen molar-refractivity contribution >= 4 is 5.91 Å². The van der Waals surface area contributed by atoms with E-state index >= 15 is 0 Å². The lowest BCUT2D eigenvalue weighted by atomic mass is 10.3. The van der Waals surface area contributed by atoms with Gasteiger partial charge in [0.25, 0.3) is 5.91 Å². The lowest BCUT2D eigenvalue weighted by Gasteiger charge is -2.06. The van der Waals surface area contributed by atoms with E-state index in [-0.39, 0.29) is 24.7 Å². The quantitative estimate of drug-likeness (QED) is 0.650. The van der Waals surface area contributed by atoms with Gasteiger partial charge < -0.3 is 9.73 Å². The van der Waals surface area contributed by atoms with Crippen molar-refractivity contribution in [3.05, 3.63) is 34.7 Å². The summed E-state index contributed by atoms with van der Waals surface area (Å²) in [5.41, 5.74) is -1.40. The molecule has 3 heterocycles. The maximum atomic E-state index is 12.6. The fourth-order valence-corrected chi connectivity index (χ4v) is 1.81. The van der Waals surface area contributed by atoms with Crippen molar-refractivity contribution in [2.75, 3.05) is 6.54 Å². The van der Waals surface area contributed by atoms with Gasteiger partial charge in [0.1, 0.15) is 6.33 Å². The summed E-state index contributed by atoms with van der Waals surface area (Å²) in [4.78, 5) is 31.7. The van der Waals surface area contributed by atoms with Crippen molar-refractivity contribution in [1.82, 2.24) is 35.2 Å². The second-order valence-corrected chi connectivity index (χ2v) is 4.56. The highest BCUT2D eigenvalue weighted by Gasteiger charge is 2.39. The van der Waals surface area contributed by atoms with Crippen molar-refractivity contribution < 1.29 is 26.9 Å². The predicted octanol–water partition coefficient (Wildman–Crippen LogP) is 0.0582. The number of oxazole rings is 1. The summed E-state index contributed by atoms with van der Waals surface area (Å²) in [5, 5.41) is 9.60. The minimum absolute atomic E-state index is 0.0178. The SMILES string of the molecule is O=C(NCCn1cnc(-c2noc(=O)[nH]2)n1)c1ocnc1C(F)(F)F. The van der Waals surface area contributed by atoms with E-state index in [0.29, 0.717) is 6.39 Å². The van der Waals surface area contributed by atoms with Crippen LogP contribution in [0.4, 0.5) is 13.2 Å². The van der Waals surface area contributed by atoms with E-state index in [9.17, 15) is 22.8 Å². The topological polar surface area (TPSA) is 145 Å². The third kappa shape index (κ3) is 3.56. The van der Waals surface area contributed by atoms with Gasteiger partial charge in [0.15, 0.2) is 12.1 Å². The number of aromatic amines is 1. The molecule has 0 radical (unpaired) electrons. The summed E-state index contributed by atoms with van der Waals surface area (Å²) in [6.07, 6.45) is -2.97. The van der Waals surface area contributed by atoms with Gasteiger partial charge >= 0.3 is 11.9 Å². The van der Waals surface area contributed by atoms with Gasteiger partial charge in [-0.25, -0.2) is 14.8 Å². The molecule has 0 aliphatic heterocycles. The molecular formula is C11H8F3N7O4. The summed E-state index contributed by atoms with van der Waals surface area (Å²) in [7, 11) is 0. The summed E-state index contributed by atoms with van der Waals surface area (Å²) < 4.78 is 48.0. The fourth-order valence-electron chi connectivity index (χ4n) is 1.81. The van der Waals surface area contributed by atoms with Crippen LogP contribution in [0.2, 0.25) is 0 Å². The minimum Gasteiger partial charge on any atom is -0.438 e. The Labute approximate surface area is 134 Å². The number of halogens is 3. The summed E-state index contributed by atoms with van der Waals surface area (Å²) in [6, 6.07) is 0. The second kappa shape index (κ2) is 6.21. The highest BCUT2D eigenvalue weighted by atomic mass is 19.4. The molecule has 0 aliphatic rings. The Morgan fingerprint density at radius 1 is 1.36 bits per heavy atom. The highest BCUT2D eigenvalue weighted by Crippen LogP contribution is 2.30. The van der Waals surface area contributed by atoms with Crippen LogP contribution in [0, 0.1) is 0 Å². The van der Waals surface area contributed by atoms with E-state index in [1.54, 1.807) is 0 Å². The van der Waals surface area contributed by atoms with E-state index < -0.39 is 29.3 Å². The molecule has 0 saturated heterocycles. The van der Waals surface area contributed by atoms with Crippen LogP contribution in [-0.2, 0) is 12.7 Å². The van der Waals surface area contributed by atoms with Gasteiger partial charge in [-0.1, -0.05) is 5.16 Å². The Bertz CT molecular complexity index is 938. The van der Waals surface area contributed by atoms with Crippen LogP contribution in [0.5, 0.6) is 0 Å². The van der Waals surface area contributed by atoms with Gasteiger partial charge in [0.05, 0.1) is 6.54 Å². The lowest BCUT2D eigenvalue weighted by Crippen LogP contribution is -2.29. The van der Waals surface area contributed by atoms with Crippen LogP contribution in [-0.4, -0.2) is 42.3 Å². The molecule has 0 aliphatic carbocycles. The number of nitrogens with zero attached hydrogens (tertiary/aromatic N) is 5. The van der Waals surface area contributed by atoms with Crippen LogP contribution in [0.1, 0.15) is 16.2 Å². The van der Waals surface area contributed by atoms with E-state index in [4.69, 9.17) is 0 Å². The highest BCUT2D eigenvalue weighted by molar-refractivity contribution is 5.92. The summed E-state index contributed by atoms with van der Waals surface area (Å²) >= 11 is 0.